The Morgan fingerprint density at radius 2 is 1.11 bits per heavy atom. The number of anilines is 2. The number of amides is 3. The first-order valence-corrected chi connectivity index (χ1v) is 21.3. The number of aromatic nitrogens is 1. The summed E-state index contributed by atoms with van der Waals surface area (Å²) in [5.41, 5.74) is -4.75. The van der Waals surface area contributed by atoms with Crippen molar-refractivity contribution in [1.29, 1.82) is 0 Å². The summed E-state index contributed by atoms with van der Waals surface area (Å²) in [6, 6.07) is 29.1. The number of fused-ring (bicyclic) bond motifs is 4. The fourth-order valence-electron chi connectivity index (χ4n) is 10.3. The van der Waals surface area contributed by atoms with Gasteiger partial charge in [0, 0.05) is 56.6 Å². The maximum Gasteiger partial charge on any atom is 0.303 e. The van der Waals surface area contributed by atoms with E-state index in [2.05, 4.69) is 4.99 Å². The van der Waals surface area contributed by atoms with Crippen molar-refractivity contribution in [2.24, 2.45) is 12.0 Å². The predicted molar refractivity (Wildman–Crippen MR) is 244 cm³/mol. The number of ether oxygens (including phenoxy) is 4. The van der Waals surface area contributed by atoms with Gasteiger partial charge in [0.15, 0.2) is 28.4 Å². The monoisotopic (exact) mass is 894 g/mol. The van der Waals surface area contributed by atoms with Gasteiger partial charge in [-0.2, -0.15) is 0 Å². The van der Waals surface area contributed by atoms with E-state index in [1.54, 1.807) is 81.9 Å². The average Bonchev–Trinajstić information content (AvgIpc) is 3.90. The first-order valence-electron chi connectivity index (χ1n) is 21.3. The van der Waals surface area contributed by atoms with Crippen molar-refractivity contribution >= 4 is 74.6 Å². The number of para-hydroxylation sites is 4. The third-order valence-corrected chi connectivity index (χ3v) is 13.8. The van der Waals surface area contributed by atoms with Crippen LogP contribution in [-0.2, 0) is 54.8 Å². The topological polar surface area (TPSA) is 183 Å². The summed E-state index contributed by atoms with van der Waals surface area (Å²) in [7, 11) is 3.42. The van der Waals surface area contributed by atoms with Crippen LogP contribution in [0.2, 0.25) is 0 Å². The minimum atomic E-state index is -2.02. The zero-order chi connectivity index (χ0) is 48.1. The highest BCUT2D eigenvalue weighted by molar-refractivity contribution is 6.50. The van der Waals surface area contributed by atoms with Gasteiger partial charge in [-0.05, 0) is 65.8 Å². The van der Waals surface area contributed by atoms with Crippen molar-refractivity contribution in [2.45, 2.75) is 90.4 Å². The highest BCUT2D eigenvalue weighted by Gasteiger charge is 2.81. The summed E-state index contributed by atoms with van der Waals surface area (Å²) < 4.78 is 26.6. The van der Waals surface area contributed by atoms with Crippen molar-refractivity contribution in [3.05, 3.63) is 124 Å². The number of rotatable bonds is 5. The zero-order valence-corrected chi connectivity index (χ0v) is 38.6. The van der Waals surface area contributed by atoms with E-state index in [0.717, 1.165) is 16.1 Å². The molecular weight excluding hydrogens is 845 g/mol. The van der Waals surface area contributed by atoms with E-state index >= 15 is 0 Å². The molecule has 4 atom stereocenters. The third kappa shape index (κ3) is 6.23. The molecule has 3 amide bonds. The normalized spacial score (nSPS) is 26.0. The van der Waals surface area contributed by atoms with E-state index in [0.29, 0.717) is 39.0 Å². The number of hydrogen-bond donors (Lipinski definition) is 1. The van der Waals surface area contributed by atoms with Crippen LogP contribution in [0.3, 0.4) is 0 Å². The van der Waals surface area contributed by atoms with Crippen LogP contribution in [0.5, 0.6) is 5.88 Å². The van der Waals surface area contributed by atoms with Crippen molar-refractivity contribution in [3.63, 3.8) is 0 Å². The van der Waals surface area contributed by atoms with Gasteiger partial charge in [-0.15, -0.1) is 0 Å². The molecule has 15 nitrogen and oxygen atoms in total. The molecule has 4 unspecified atom stereocenters. The molecule has 66 heavy (non-hydrogen) atoms. The lowest BCUT2D eigenvalue weighted by Gasteiger charge is -2.68. The number of esters is 3. The molecule has 4 aliphatic rings. The van der Waals surface area contributed by atoms with Crippen LogP contribution in [0, 0.1) is 0 Å². The minimum Gasteiger partial charge on any atom is -0.494 e. The number of hydrogen-bond acceptors (Lipinski definition) is 11. The van der Waals surface area contributed by atoms with Gasteiger partial charge in [0.2, 0.25) is 0 Å². The quantitative estimate of drug-likeness (QED) is 0.131. The van der Waals surface area contributed by atoms with Crippen LogP contribution >= 0.6 is 0 Å². The average molecular weight is 895 g/mol. The lowest BCUT2D eigenvalue weighted by molar-refractivity contribution is -0.392. The zero-order valence-electron chi connectivity index (χ0n) is 38.6. The van der Waals surface area contributed by atoms with Crippen molar-refractivity contribution in [3.8, 4) is 5.88 Å². The molecule has 0 spiro atoms. The molecule has 0 saturated carbocycles. The molecule has 4 aromatic carbocycles. The van der Waals surface area contributed by atoms with Gasteiger partial charge in [0.05, 0.1) is 44.5 Å². The van der Waals surface area contributed by atoms with E-state index in [9.17, 15) is 33.9 Å². The summed E-state index contributed by atoms with van der Waals surface area (Å²) in [6.45, 7) is 12.9. The first kappa shape index (κ1) is 45.2. The van der Waals surface area contributed by atoms with E-state index < -0.39 is 51.9 Å². The molecule has 1 fully saturated rings. The van der Waals surface area contributed by atoms with Gasteiger partial charge in [-0.3, -0.25) is 33.7 Å². The molecule has 1 saturated heterocycles. The van der Waals surface area contributed by atoms with Gasteiger partial charge in [-0.1, -0.05) is 72.8 Å². The summed E-state index contributed by atoms with van der Waals surface area (Å²) in [6.07, 6.45) is 0. The summed E-state index contributed by atoms with van der Waals surface area (Å²) >= 11 is 0. The fourth-order valence-corrected chi connectivity index (χ4v) is 10.3. The Bertz CT molecular complexity index is 3150. The number of benzene rings is 4. The number of nitrogens with zero attached hydrogens (tertiary/aromatic N) is 4. The smallest absolute Gasteiger partial charge is 0.303 e. The Morgan fingerprint density at radius 1 is 0.606 bits per heavy atom. The highest BCUT2D eigenvalue weighted by Crippen LogP contribution is 2.61. The van der Waals surface area contributed by atoms with Gasteiger partial charge in [-0.25, -0.2) is 4.99 Å². The van der Waals surface area contributed by atoms with Crippen LogP contribution in [0.15, 0.2) is 102 Å². The van der Waals surface area contributed by atoms with E-state index in [1.807, 2.05) is 54.6 Å². The Labute approximate surface area is 380 Å². The molecule has 5 aromatic rings. The Morgan fingerprint density at radius 3 is 1.74 bits per heavy atom. The summed E-state index contributed by atoms with van der Waals surface area (Å²) in [4.78, 5) is 86.2. The number of carbonyl (C=O) groups excluding carboxylic acids is 6. The SMILES string of the molecule is CC(=O)OC1(C)C(C)(C)OC(C)(N2C(=O)/C(=C3/C(=O)N(C)c4ccccc43)c3ccccc32)C(C)(OC(C)=O)C1(C)OC(C)=O.Cn1c(O)c(C2=c3ccccc3=NC2=O)c2ccccc21. The molecule has 4 aliphatic heterocycles. The van der Waals surface area contributed by atoms with Gasteiger partial charge >= 0.3 is 17.9 Å². The Balaban J connectivity index is 0.000000233. The molecule has 0 bridgehead atoms. The van der Waals surface area contributed by atoms with Crippen molar-refractivity contribution < 1.29 is 52.8 Å². The lowest BCUT2D eigenvalue weighted by Crippen LogP contribution is -2.88. The van der Waals surface area contributed by atoms with Gasteiger partial charge in [0.1, 0.15) is 5.60 Å². The molecule has 15 heteroatoms. The molecule has 340 valence electrons. The van der Waals surface area contributed by atoms with Crippen molar-refractivity contribution in [2.75, 3.05) is 16.8 Å². The van der Waals surface area contributed by atoms with Gasteiger partial charge in [0.25, 0.3) is 17.7 Å². The second kappa shape index (κ2) is 15.4. The van der Waals surface area contributed by atoms with Crippen LogP contribution < -0.4 is 20.4 Å². The van der Waals surface area contributed by atoms with Crippen LogP contribution in [-0.4, -0.2) is 80.5 Å². The number of aryl methyl sites for hydroxylation is 1. The minimum absolute atomic E-state index is 0.0893. The maximum absolute atomic E-state index is 15.0. The number of likely N-dealkylation sites (N-methyl/N-ethyl adjacent to an activating group) is 1. The van der Waals surface area contributed by atoms with E-state index in [-0.39, 0.29) is 28.8 Å². The predicted octanol–water partition coefficient (Wildman–Crippen LogP) is 5.65. The lowest BCUT2D eigenvalue weighted by atomic mass is 9.59. The van der Waals surface area contributed by atoms with Crippen LogP contribution in [0.4, 0.5) is 11.4 Å². The Hall–Kier alpha value is -7.39. The summed E-state index contributed by atoms with van der Waals surface area (Å²) in [5, 5.41) is 12.8. The molecule has 0 aliphatic carbocycles. The van der Waals surface area contributed by atoms with Crippen LogP contribution in [0.25, 0.3) is 27.6 Å². The van der Waals surface area contributed by atoms with Crippen molar-refractivity contribution in [1.82, 2.24) is 4.57 Å². The standard InChI is InChI=1S/C34H38N2O9.C17H12N2O2/c1-19(37)42-31(6)30(4,5)45-34(9,33(8,44-21(3)39)32(31,7)43-20(2)38)36-25-18-14-12-16-23(25)27(29(36)41)26-22-15-11-13-17-24(22)35(10)28(26)40;1-19-13-9-5-3-7-11(13)15(17(19)21)14-10-6-2-4-8-12(10)18-16(14)20/h11-18H,1-10H3;2-9,21H,1H3/b27-26+;. The molecule has 9 rings (SSSR count). The number of carbonyl (C=O) groups is 6. The molecule has 1 N–H and O–H groups in total. The largest absolute Gasteiger partial charge is 0.494 e. The maximum atomic E-state index is 15.0. The van der Waals surface area contributed by atoms with E-state index in [1.165, 1.54) is 51.3 Å². The third-order valence-electron chi connectivity index (χ3n) is 13.8. The van der Waals surface area contributed by atoms with E-state index in [4.69, 9.17) is 18.9 Å². The van der Waals surface area contributed by atoms with Crippen LogP contribution in [0.1, 0.15) is 79.0 Å². The Kier molecular flexibility index (Phi) is 10.5. The first-order chi connectivity index (χ1) is 31.0. The highest BCUT2D eigenvalue weighted by atomic mass is 16.7. The second-order valence-electron chi connectivity index (χ2n) is 17.8. The fraction of sp³-hybridized carbons (Fsp3) is 0.314. The molecule has 1 aromatic heterocycles. The molecular formula is C51H50N4O11. The second-order valence-corrected chi connectivity index (χ2v) is 17.8. The number of aromatic hydroxyl groups is 1. The molecule has 0 radical (unpaired) electrons. The molecule has 5 heterocycles. The van der Waals surface area contributed by atoms with Gasteiger partial charge < -0.3 is 33.5 Å². The summed E-state index contributed by atoms with van der Waals surface area (Å²) in [5.74, 6) is -3.38.